The van der Waals surface area contributed by atoms with Crippen molar-refractivity contribution in [1.82, 2.24) is 5.32 Å². The second kappa shape index (κ2) is 5.54. The smallest absolute Gasteiger partial charge is 0.0374 e. The van der Waals surface area contributed by atoms with E-state index in [-0.39, 0.29) is 0 Å². The fourth-order valence-corrected chi connectivity index (χ4v) is 2.60. The van der Waals surface area contributed by atoms with E-state index in [1.54, 1.807) is 0 Å². The van der Waals surface area contributed by atoms with Crippen LogP contribution in [0.15, 0.2) is 18.2 Å². The van der Waals surface area contributed by atoms with Crippen LogP contribution in [-0.4, -0.2) is 18.6 Å². The van der Waals surface area contributed by atoms with E-state index in [9.17, 15) is 0 Å². The number of aryl methyl sites for hydroxylation is 2. The van der Waals surface area contributed by atoms with Gasteiger partial charge in [0.1, 0.15) is 0 Å². The Labute approximate surface area is 105 Å². The van der Waals surface area contributed by atoms with Crippen LogP contribution < -0.4 is 10.6 Å². The van der Waals surface area contributed by atoms with E-state index in [0.29, 0.717) is 12.1 Å². The first-order chi connectivity index (χ1) is 8.15. The second-order valence-electron chi connectivity index (χ2n) is 5.39. The van der Waals surface area contributed by atoms with Crippen molar-refractivity contribution >= 4 is 5.69 Å². The minimum Gasteiger partial charge on any atom is -0.382 e. The Bertz CT molecular complexity index is 367. The van der Waals surface area contributed by atoms with E-state index in [4.69, 9.17) is 0 Å². The largest absolute Gasteiger partial charge is 0.382 e. The monoisotopic (exact) mass is 232 g/mol. The van der Waals surface area contributed by atoms with Gasteiger partial charge >= 0.3 is 0 Å². The summed E-state index contributed by atoms with van der Waals surface area (Å²) in [4.78, 5) is 0. The summed E-state index contributed by atoms with van der Waals surface area (Å²) >= 11 is 0. The third kappa shape index (κ3) is 3.47. The maximum atomic E-state index is 3.64. The Balaban J connectivity index is 1.92. The molecule has 1 fully saturated rings. The Kier molecular flexibility index (Phi) is 4.06. The summed E-state index contributed by atoms with van der Waals surface area (Å²) in [7, 11) is 0. The predicted octanol–water partition coefficient (Wildman–Crippen LogP) is 3.25. The number of nitrogens with one attached hydrogen (secondary N) is 2. The van der Waals surface area contributed by atoms with E-state index in [2.05, 4.69) is 49.6 Å². The molecule has 2 atom stereocenters. The zero-order chi connectivity index (χ0) is 12.3. The van der Waals surface area contributed by atoms with Crippen molar-refractivity contribution in [3.63, 3.8) is 0 Å². The summed E-state index contributed by atoms with van der Waals surface area (Å²) in [6, 6.07) is 7.85. The maximum Gasteiger partial charge on any atom is 0.0374 e. The quantitative estimate of drug-likeness (QED) is 0.832. The lowest BCUT2D eigenvalue weighted by Gasteiger charge is -2.20. The molecule has 1 aromatic rings. The van der Waals surface area contributed by atoms with Gasteiger partial charge in [0.25, 0.3) is 0 Å². The number of anilines is 1. The molecule has 0 aromatic heterocycles. The van der Waals surface area contributed by atoms with Gasteiger partial charge in [-0.2, -0.15) is 0 Å². The minimum atomic E-state index is 0.533. The van der Waals surface area contributed by atoms with Crippen molar-refractivity contribution in [2.75, 3.05) is 11.9 Å². The Morgan fingerprint density at radius 2 is 2.24 bits per heavy atom. The number of hydrogen-bond donors (Lipinski definition) is 2. The number of rotatable bonds is 4. The SMILES string of the molecule is Cc1ccc(C)c(NC(C)CC2CCCN2)c1. The van der Waals surface area contributed by atoms with Crippen molar-refractivity contribution in [2.45, 2.75) is 52.1 Å². The van der Waals surface area contributed by atoms with Gasteiger partial charge in [0.2, 0.25) is 0 Å². The van der Waals surface area contributed by atoms with Crippen LogP contribution in [0.1, 0.15) is 37.3 Å². The minimum absolute atomic E-state index is 0.533. The van der Waals surface area contributed by atoms with Crippen LogP contribution >= 0.6 is 0 Å². The topological polar surface area (TPSA) is 24.1 Å². The molecule has 1 aliphatic rings. The second-order valence-corrected chi connectivity index (χ2v) is 5.39. The molecule has 94 valence electrons. The van der Waals surface area contributed by atoms with Crippen LogP contribution in [0.3, 0.4) is 0 Å². The fourth-order valence-electron chi connectivity index (χ4n) is 2.60. The highest BCUT2D eigenvalue weighted by molar-refractivity contribution is 5.53. The molecule has 0 amide bonds. The van der Waals surface area contributed by atoms with Gasteiger partial charge in [-0.3, -0.25) is 0 Å². The normalized spacial score (nSPS) is 21.5. The fraction of sp³-hybridized carbons (Fsp3) is 0.600. The summed E-state index contributed by atoms with van der Waals surface area (Å²) in [5.74, 6) is 0. The van der Waals surface area contributed by atoms with Gasteiger partial charge in [-0.1, -0.05) is 12.1 Å². The summed E-state index contributed by atoms with van der Waals surface area (Å²) in [5.41, 5.74) is 3.95. The van der Waals surface area contributed by atoms with Crippen molar-refractivity contribution in [2.24, 2.45) is 0 Å². The molecule has 1 saturated heterocycles. The van der Waals surface area contributed by atoms with Crippen LogP contribution in [0, 0.1) is 13.8 Å². The zero-order valence-electron chi connectivity index (χ0n) is 11.2. The molecule has 2 rings (SSSR count). The lowest BCUT2D eigenvalue weighted by molar-refractivity contribution is 0.523. The standard InChI is InChI=1S/C15H24N2/c1-11-6-7-12(2)15(9-11)17-13(3)10-14-5-4-8-16-14/h6-7,9,13-14,16-17H,4-5,8,10H2,1-3H3. The van der Waals surface area contributed by atoms with E-state index < -0.39 is 0 Å². The molecular weight excluding hydrogens is 208 g/mol. The van der Waals surface area contributed by atoms with Crippen LogP contribution in [0.2, 0.25) is 0 Å². The molecule has 1 heterocycles. The van der Waals surface area contributed by atoms with Crippen LogP contribution in [0.4, 0.5) is 5.69 Å². The highest BCUT2D eigenvalue weighted by Crippen LogP contribution is 2.19. The molecule has 1 aliphatic heterocycles. The van der Waals surface area contributed by atoms with Crippen molar-refractivity contribution < 1.29 is 0 Å². The molecule has 1 aromatic carbocycles. The molecule has 2 heteroatoms. The predicted molar refractivity (Wildman–Crippen MR) is 74.6 cm³/mol. The van der Waals surface area contributed by atoms with E-state index in [1.165, 1.54) is 42.6 Å². The van der Waals surface area contributed by atoms with E-state index >= 15 is 0 Å². The molecule has 0 spiro atoms. The molecule has 0 radical (unpaired) electrons. The molecule has 2 nitrogen and oxygen atoms in total. The average molecular weight is 232 g/mol. The zero-order valence-corrected chi connectivity index (χ0v) is 11.2. The van der Waals surface area contributed by atoms with E-state index in [1.807, 2.05) is 0 Å². The molecule has 0 bridgehead atoms. The number of benzene rings is 1. The van der Waals surface area contributed by atoms with Gasteiger partial charge in [-0.05, 0) is 63.8 Å². The van der Waals surface area contributed by atoms with Gasteiger partial charge in [0.05, 0.1) is 0 Å². The highest BCUT2D eigenvalue weighted by Gasteiger charge is 2.17. The molecule has 17 heavy (non-hydrogen) atoms. The van der Waals surface area contributed by atoms with Crippen LogP contribution in [-0.2, 0) is 0 Å². The first kappa shape index (κ1) is 12.4. The van der Waals surface area contributed by atoms with Gasteiger partial charge < -0.3 is 10.6 Å². The average Bonchev–Trinajstić information content (AvgIpc) is 2.76. The molecule has 0 saturated carbocycles. The van der Waals surface area contributed by atoms with Gasteiger partial charge in [0, 0.05) is 17.8 Å². The number of hydrogen-bond acceptors (Lipinski definition) is 2. The summed E-state index contributed by atoms with van der Waals surface area (Å²) in [6.07, 6.45) is 3.88. The lowest BCUT2D eigenvalue weighted by atomic mass is 10.1. The summed E-state index contributed by atoms with van der Waals surface area (Å²) in [5, 5.41) is 7.20. The summed E-state index contributed by atoms with van der Waals surface area (Å²) < 4.78 is 0. The van der Waals surface area contributed by atoms with Gasteiger partial charge in [-0.25, -0.2) is 0 Å². The highest BCUT2D eigenvalue weighted by atomic mass is 15.0. The Morgan fingerprint density at radius 3 is 2.94 bits per heavy atom. The van der Waals surface area contributed by atoms with Crippen molar-refractivity contribution in [1.29, 1.82) is 0 Å². The first-order valence-corrected chi connectivity index (χ1v) is 6.72. The van der Waals surface area contributed by atoms with Crippen molar-refractivity contribution in [3.8, 4) is 0 Å². The lowest BCUT2D eigenvalue weighted by Crippen LogP contribution is -2.29. The van der Waals surface area contributed by atoms with Crippen molar-refractivity contribution in [3.05, 3.63) is 29.3 Å². The maximum absolute atomic E-state index is 3.64. The molecule has 2 N–H and O–H groups in total. The summed E-state index contributed by atoms with van der Waals surface area (Å²) in [6.45, 7) is 7.79. The Hall–Kier alpha value is -1.02. The van der Waals surface area contributed by atoms with Gasteiger partial charge in [-0.15, -0.1) is 0 Å². The van der Waals surface area contributed by atoms with Gasteiger partial charge in [0.15, 0.2) is 0 Å². The molecular formula is C15H24N2. The molecule has 2 unspecified atom stereocenters. The third-order valence-corrected chi connectivity index (χ3v) is 3.60. The third-order valence-electron chi connectivity index (χ3n) is 3.60. The Morgan fingerprint density at radius 1 is 1.41 bits per heavy atom. The van der Waals surface area contributed by atoms with Crippen LogP contribution in [0.5, 0.6) is 0 Å². The molecule has 0 aliphatic carbocycles. The van der Waals surface area contributed by atoms with E-state index in [0.717, 1.165) is 0 Å². The van der Waals surface area contributed by atoms with Crippen LogP contribution in [0.25, 0.3) is 0 Å². The first-order valence-electron chi connectivity index (χ1n) is 6.72.